The van der Waals surface area contributed by atoms with E-state index in [-0.39, 0.29) is 36.3 Å². The Morgan fingerprint density at radius 3 is 2.86 bits per heavy atom. The number of pyridine rings is 3. The van der Waals surface area contributed by atoms with Crippen molar-refractivity contribution in [1.82, 2.24) is 29.4 Å². The summed E-state index contributed by atoms with van der Waals surface area (Å²) >= 11 is 0. The van der Waals surface area contributed by atoms with Gasteiger partial charge >= 0.3 is 6.03 Å². The van der Waals surface area contributed by atoms with E-state index >= 15 is 0 Å². The van der Waals surface area contributed by atoms with E-state index in [1.807, 2.05) is 0 Å². The Labute approximate surface area is 204 Å². The summed E-state index contributed by atoms with van der Waals surface area (Å²) in [4.78, 5) is 39.8. The first-order chi connectivity index (χ1) is 17.5. The van der Waals surface area contributed by atoms with Crippen molar-refractivity contribution >= 4 is 34.4 Å². The summed E-state index contributed by atoms with van der Waals surface area (Å²) in [6, 6.07) is 7.67. The molecule has 11 nitrogen and oxygen atoms in total. The minimum absolute atomic E-state index is 0.107. The summed E-state index contributed by atoms with van der Waals surface area (Å²) < 4.78 is 23.1. The maximum absolute atomic E-state index is 14.4. The molecular weight excluding hydrogens is 467 g/mol. The normalized spacial score (nSPS) is 21.5. The lowest BCUT2D eigenvalue weighted by molar-refractivity contribution is 0.0271. The highest BCUT2D eigenvalue weighted by atomic mass is 19.1. The number of alkyl halides is 1. The number of fused-ring (bicyclic) bond motifs is 4. The summed E-state index contributed by atoms with van der Waals surface area (Å²) in [5.41, 5.74) is 1.96. The summed E-state index contributed by atoms with van der Waals surface area (Å²) in [7, 11) is 1.73. The van der Waals surface area contributed by atoms with Crippen LogP contribution in [-0.2, 0) is 11.3 Å². The molecule has 1 amide bonds. The van der Waals surface area contributed by atoms with Crippen molar-refractivity contribution in [3.8, 4) is 5.82 Å². The van der Waals surface area contributed by atoms with Crippen LogP contribution in [0.5, 0.6) is 0 Å². The van der Waals surface area contributed by atoms with Crippen LogP contribution in [0.15, 0.2) is 53.8 Å². The van der Waals surface area contributed by atoms with Crippen LogP contribution in [0.1, 0.15) is 18.4 Å². The van der Waals surface area contributed by atoms with Crippen molar-refractivity contribution in [3.63, 3.8) is 0 Å². The predicted octanol–water partition coefficient (Wildman–Crippen LogP) is 2.72. The monoisotopic (exact) mass is 490 g/mol. The number of carbonyl (C=O) groups is 1. The molecule has 4 bridgehead atoms. The number of hydrogen-bond acceptors (Lipinski definition) is 8. The van der Waals surface area contributed by atoms with E-state index in [4.69, 9.17) is 4.74 Å². The molecule has 1 fully saturated rings. The van der Waals surface area contributed by atoms with Gasteiger partial charge in [0.1, 0.15) is 35.3 Å². The molecule has 1 aliphatic heterocycles. The average Bonchev–Trinajstić information content (AvgIpc) is 3.46. The number of nitrogens with zero attached hydrogens (tertiary/aromatic N) is 5. The number of nitrogens with one attached hydrogen (secondary N) is 3. The highest BCUT2D eigenvalue weighted by Gasteiger charge is 2.37. The minimum atomic E-state index is -1.10. The molecule has 6 rings (SSSR count). The molecule has 1 saturated carbocycles. The third-order valence-corrected chi connectivity index (χ3v) is 6.45. The fraction of sp³-hybridized carbons (Fsp3) is 0.292. The second-order valence-electron chi connectivity index (χ2n) is 8.82. The zero-order valence-corrected chi connectivity index (χ0v) is 19.3. The van der Waals surface area contributed by atoms with Gasteiger partial charge in [-0.2, -0.15) is 0 Å². The van der Waals surface area contributed by atoms with Crippen molar-refractivity contribution in [3.05, 3.63) is 65.0 Å². The molecule has 2 aliphatic rings. The van der Waals surface area contributed by atoms with Gasteiger partial charge in [0, 0.05) is 38.3 Å². The Kier molecular flexibility index (Phi) is 5.37. The number of imidazole rings is 1. The van der Waals surface area contributed by atoms with Gasteiger partial charge in [-0.1, -0.05) is 6.07 Å². The molecule has 0 unspecified atom stereocenters. The van der Waals surface area contributed by atoms with Crippen molar-refractivity contribution in [2.45, 2.75) is 37.8 Å². The van der Waals surface area contributed by atoms with Crippen LogP contribution in [0, 0.1) is 0 Å². The van der Waals surface area contributed by atoms with E-state index < -0.39 is 24.3 Å². The fourth-order valence-corrected chi connectivity index (χ4v) is 4.71. The summed E-state index contributed by atoms with van der Waals surface area (Å²) in [5, 5.41) is 9.03. The molecule has 184 valence electrons. The molecule has 3 atom stereocenters. The lowest BCUT2D eigenvalue weighted by Crippen LogP contribution is -2.43. The molecular formula is C24H23FN8O3. The Balaban J connectivity index is 1.54. The second-order valence-corrected chi connectivity index (χ2v) is 8.82. The lowest BCUT2D eigenvalue weighted by atomic mass is 10.2. The van der Waals surface area contributed by atoms with E-state index in [2.05, 4.69) is 30.9 Å². The van der Waals surface area contributed by atoms with Gasteiger partial charge in [-0.15, -0.1) is 0 Å². The van der Waals surface area contributed by atoms with Crippen LogP contribution in [0.25, 0.3) is 17.0 Å². The smallest absolute Gasteiger partial charge is 0.328 e. The van der Waals surface area contributed by atoms with E-state index in [1.54, 1.807) is 49.8 Å². The molecule has 5 heterocycles. The zero-order chi connectivity index (χ0) is 24.8. The third kappa shape index (κ3) is 3.85. The second kappa shape index (κ2) is 8.72. The number of amides is 1. The molecule has 3 N–H and O–H groups in total. The van der Waals surface area contributed by atoms with Crippen molar-refractivity contribution < 1.29 is 13.9 Å². The summed E-state index contributed by atoms with van der Waals surface area (Å²) in [6.45, 7) is 0.107. The van der Waals surface area contributed by atoms with Crippen LogP contribution in [0.3, 0.4) is 0 Å². The number of hydrogen-bond donors (Lipinski definition) is 3. The molecule has 4 aromatic rings. The first-order valence-corrected chi connectivity index (χ1v) is 11.6. The van der Waals surface area contributed by atoms with Crippen LogP contribution in [-0.4, -0.2) is 55.5 Å². The van der Waals surface area contributed by atoms with Crippen molar-refractivity contribution in [2.24, 2.45) is 0 Å². The number of anilines is 3. The molecule has 0 aromatic carbocycles. The van der Waals surface area contributed by atoms with Crippen molar-refractivity contribution in [1.29, 1.82) is 0 Å². The van der Waals surface area contributed by atoms with Gasteiger partial charge in [0.25, 0.3) is 5.56 Å². The van der Waals surface area contributed by atoms with E-state index in [0.717, 1.165) is 0 Å². The van der Waals surface area contributed by atoms with Gasteiger partial charge in [0.2, 0.25) is 0 Å². The van der Waals surface area contributed by atoms with Crippen LogP contribution >= 0.6 is 0 Å². The third-order valence-electron chi connectivity index (χ3n) is 6.45. The highest BCUT2D eigenvalue weighted by Crippen LogP contribution is 2.29. The first-order valence-electron chi connectivity index (χ1n) is 11.6. The van der Waals surface area contributed by atoms with Gasteiger partial charge in [0.05, 0.1) is 24.4 Å². The van der Waals surface area contributed by atoms with E-state index in [0.29, 0.717) is 28.4 Å². The maximum atomic E-state index is 14.4. The van der Waals surface area contributed by atoms with E-state index in [9.17, 15) is 14.0 Å². The molecule has 4 aromatic heterocycles. The van der Waals surface area contributed by atoms with Gasteiger partial charge < -0.3 is 20.7 Å². The zero-order valence-electron chi connectivity index (χ0n) is 19.3. The number of carbonyl (C=O) groups excluding carboxylic acids is 1. The lowest BCUT2D eigenvalue weighted by Gasteiger charge is -2.22. The SMILES string of the molecule is CNc1cc2nc3c1ncn3C(=O)N[C@H]1C[C@H](F)C[C@@H]1OCc1cc(c(=O)n(-c3ccccn3)c1)N2. The molecule has 12 heteroatoms. The van der Waals surface area contributed by atoms with Gasteiger partial charge in [0.15, 0.2) is 5.65 Å². The largest absolute Gasteiger partial charge is 0.386 e. The number of rotatable bonds is 2. The van der Waals surface area contributed by atoms with E-state index in [1.165, 1.54) is 15.5 Å². The van der Waals surface area contributed by atoms with Gasteiger partial charge in [-0.05, 0) is 23.8 Å². The quantitative estimate of drug-likeness (QED) is 0.391. The standard InChI is InChI=1S/C24H23FN8O3/c1-26-16-9-19-29-17-6-13(10-32(23(17)34)20-4-2-3-5-27-20)11-36-18-8-14(25)7-15(18)30-24(35)33-12-28-21(16)22(33)31-19/h2-6,9-10,12,14-15,18H,7-8,11H2,1H3,(H,30,35)(H2,26,29,31)/t14-,15-,18-/m0/s1. The van der Waals surface area contributed by atoms with Crippen LogP contribution < -0.4 is 21.5 Å². The minimum Gasteiger partial charge on any atom is -0.386 e. The number of ether oxygens (including phenoxy) is 1. The van der Waals surface area contributed by atoms with Crippen LogP contribution in [0.4, 0.5) is 26.4 Å². The Morgan fingerprint density at radius 1 is 1.17 bits per heavy atom. The molecule has 0 saturated heterocycles. The Bertz CT molecular complexity index is 1520. The predicted molar refractivity (Wildman–Crippen MR) is 131 cm³/mol. The Morgan fingerprint density at radius 2 is 2.06 bits per heavy atom. The number of halogens is 1. The number of aromatic nitrogens is 5. The summed E-state index contributed by atoms with van der Waals surface area (Å²) in [5.74, 6) is 0.782. The van der Waals surface area contributed by atoms with Gasteiger partial charge in [-0.3, -0.25) is 9.36 Å². The highest BCUT2D eigenvalue weighted by molar-refractivity contribution is 5.94. The first kappa shape index (κ1) is 22.2. The van der Waals surface area contributed by atoms with Gasteiger partial charge in [-0.25, -0.2) is 28.7 Å². The fourth-order valence-electron chi connectivity index (χ4n) is 4.71. The topological polar surface area (TPSA) is 128 Å². The summed E-state index contributed by atoms with van der Waals surface area (Å²) in [6.07, 6.45) is 3.29. The Hall–Kier alpha value is -4.32. The van der Waals surface area contributed by atoms with Crippen LogP contribution in [0.2, 0.25) is 0 Å². The van der Waals surface area contributed by atoms with Crippen molar-refractivity contribution in [2.75, 3.05) is 17.7 Å². The molecule has 0 radical (unpaired) electrons. The molecule has 36 heavy (non-hydrogen) atoms. The average molecular weight is 490 g/mol. The molecule has 1 aliphatic carbocycles. The molecule has 0 spiro atoms. The maximum Gasteiger partial charge on any atom is 0.328 e.